The lowest BCUT2D eigenvalue weighted by molar-refractivity contribution is 0.0601. The highest BCUT2D eigenvalue weighted by Gasteiger charge is 1.97. The summed E-state index contributed by atoms with van der Waals surface area (Å²) >= 11 is 0. The first-order chi connectivity index (χ1) is 7.86. The summed E-state index contributed by atoms with van der Waals surface area (Å²) < 4.78 is 10.3. The van der Waals surface area contributed by atoms with E-state index >= 15 is 0 Å². The van der Waals surface area contributed by atoms with E-state index in [0.29, 0.717) is 19.8 Å². The standard InChI is InChI=1S/C12H20N2O2/c1-3-13-9-11-5-4-6-12(14-11)10-16-8-7-15-2/h4-6,13H,3,7-10H2,1-2H3. The van der Waals surface area contributed by atoms with E-state index in [-0.39, 0.29) is 0 Å². The van der Waals surface area contributed by atoms with Gasteiger partial charge in [-0.1, -0.05) is 13.0 Å². The van der Waals surface area contributed by atoms with E-state index in [2.05, 4.69) is 17.2 Å². The second-order valence-electron chi connectivity index (χ2n) is 3.45. The average Bonchev–Trinajstić information content (AvgIpc) is 2.33. The molecule has 0 aliphatic rings. The van der Waals surface area contributed by atoms with Gasteiger partial charge in [0.15, 0.2) is 0 Å². The van der Waals surface area contributed by atoms with Gasteiger partial charge in [-0.3, -0.25) is 4.98 Å². The van der Waals surface area contributed by atoms with Gasteiger partial charge in [0, 0.05) is 13.7 Å². The van der Waals surface area contributed by atoms with Crippen LogP contribution in [0.25, 0.3) is 0 Å². The van der Waals surface area contributed by atoms with Gasteiger partial charge < -0.3 is 14.8 Å². The Morgan fingerprint density at radius 1 is 1.25 bits per heavy atom. The molecule has 0 unspecified atom stereocenters. The zero-order valence-electron chi connectivity index (χ0n) is 10.0. The van der Waals surface area contributed by atoms with Crippen LogP contribution < -0.4 is 5.32 Å². The summed E-state index contributed by atoms with van der Waals surface area (Å²) in [5.74, 6) is 0. The van der Waals surface area contributed by atoms with Crippen molar-refractivity contribution in [3.05, 3.63) is 29.6 Å². The molecule has 1 heterocycles. The number of nitrogens with zero attached hydrogens (tertiary/aromatic N) is 1. The van der Waals surface area contributed by atoms with Crippen LogP contribution in [0.15, 0.2) is 18.2 Å². The Labute approximate surface area is 97.0 Å². The molecule has 4 nitrogen and oxygen atoms in total. The maximum absolute atomic E-state index is 5.41. The third kappa shape index (κ3) is 5.21. The summed E-state index contributed by atoms with van der Waals surface area (Å²) in [6.45, 7) is 5.62. The largest absolute Gasteiger partial charge is 0.382 e. The zero-order valence-corrected chi connectivity index (χ0v) is 10.0. The Balaban J connectivity index is 2.35. The van der Waals surface area contributed by atoms with Crippen LogP contribution in [0.1, 0.15) is 18.3 Å². The lowest BCUT2D eigenvalue weighted by Gasteiger charge is -2.06. The third-order valence-electron chi connectivity index (χ3n) is 2.10. The van der Waals surface area contributed by atoms with Crippen molar-refractivity contribution >= 4 is 0 Å². The summed E-state index contributed by atoms with van der Waals surface area (Å²) in [6.07, 6.45) is 0. The van der Waals surface area contributed by atoms with Crippen LogP contribution >= 0.6 is 0 Å². The van der Waals surface area contributed by atoms with Crippen LogP contribution in [0.5, 0.6) is 0 Å². The van der Waals surface area contributed by atoms with Crippen molar-refractivity contribution in [1.29, 1.82) is 0 Å². The Kier molecular flexibility index (Phi) is 6.72. The molecule has 0 saturated heterocycles. The summed E-state index contributed by atoms with van der Waals surface area (Å²) in [5, 5.41) is 3.24. The minimum absolute atomic E-state index is 0.545. The van der Waals surface area contributed by atoms with Gasteiger partial charge in [0.2, 0.25) is 0 Å². The first kappa shape index (κ1) is 13.1. The fraction of sp³-hybridized carbons (Fsp3) is 0.583. The molecule has 0 radical (unpaired) electrons. The lowest BCUT2D eigenvalue weighted by Crippen LogP contribution is -2.13. The molecule has 0 aromatic carbocycles. The number of aromatic nitrogens is 1. The van der Waals surface area contributed by atoms with E-state index in [1.807, 2.05) is 18.2 Å². The fourth-order valence-corrected chi connectivity index (χ4v) is 1.28. The van der Waals surface area contributed by atoms with Crippen molar-refractivity contribution in [2.75, 3.05) is 26.9 Å². The molecular formula is C12H20N2O2. The Hall–Kier alpha value is -0.970. The maximum atomic E-state index is 5.41. The van der Waals surface area contributed by atoms with Gasteiger partial charge in [-0.15, -0.1) is 0 Å². The first-order valence-electron chi connectivity index (χ1n) is 5.59. The van der Waals surface area contributed by atoms with Gasteiger partial charge in [0.1, 0.15) is 0 Å². The van der Waals surface area contributed by atoms with Gasteiger partial charge in [-0.25, -0.2) is 0 Å². The molecule has 0 bridgehead atoms. The lowest BCUT2D eigenvalue weighted by atomic mass is 10.3. The summed E-state index contributed by atoms with van der Waals surface area (Å²) in [4.78, 5) is 4.48. The molecule has 0 saturated carbocycles. The van der Waals surface area contributed by atoms with E-state index in [1.54, 1.807) is 7.11 Å². The topological polar surface area (TPSA) is 43.4 Å². The van der Waals surface area contributed by atoms with Crippen molar-refractivity contribution in [1.82, 2.24) is 10.3 Å². The highest BCUT2D eigenvalue weighted by molar-refractivity contribution is 5.10. The molecule has 1 aromatic rings. The molecule has 4 heteroatoms. The van der Waals surface area contributed by atoms with E-state index in [1.165, 1.54) is 0 Å². The maximum Gasteiger partial charge on any atom is 0.0889 e. The summed E-state index contributed by atoms with van der Waals surface area (Å²) in [7, 11) is 1.67. The van der Waals surface area contributed by atoms with Crippen molar-refractivity contribution in [3.63, 3.8) is 0 Å². The monoisotopic (exact) mass is 224 g/mol. The number of hydrogen-bond donors (Lipinski definition) is 1. The number of nitrogens with one attached hydrogen (secondary N) is 1. The van der Waals surface area contributed by atoms with Crippen LogP contribution in [0.3, 0.4) is 0 Å². The Morgan fingerprint density at radius 2 is 2.06 bits per heavy atom. The van der Waals surface area contributed by atoms with Crippen LogP contribution in [0.2, 0.25) is 0 Å². The molecule has 0 spiro atoms. The van der Waals surface area contributed by atoms with Gasteiger partial charge in [-0.2, -0.15) is 0 Å². The average molecular weight is 224 g/mol. The SMILES string of the molecule is CCNCc1cccc(COCCOC)n1. The molecule has 0 aliphatic heterocycles. The summed E-state index contributed by atoms with van der Waals surface area (Å²) in [6, 6.07) is 6.00. The minimum Gasteiger partial charge on any atom is -0.382 e. The van der Waals surface area contributed by atoms with E-state index < -0.39 is 0 Å². The minimum atomic E-state index is 0.545. The van der Waals surface area contributed by atoms with Crippen LogP contribution in [-0.2, 0) is 22.6 Å². The van der Waals surface area contributed by atoms with Gasteiger partial charge in [-0.05, 0) is 18.7 Å². The van der Waals surface area contributed by atoms with Crippen molar-refractivity contribution < 1.29 is 9.47 Å². The molecule has 90 valence electrons. The van der Waals surface area contributed by atoms with E-state index in [0.717, 1.165) is 24.5 Å². The highest BCUT2D eigenvalue weighted by Crippen LogP contribution is 2.01. The van der Waals surface area contributed by atoms with Crippen LogP contribution in [-0.4, -0.2) is 31.9 Å². The second-order valence-corrected chi connectivity index (χ2v) is 3.45. The predicted molar refractivity (Wildman–Crippen MR) is 63.1 cm³/mol. The van der Waals surface area contributed by atoms with Crippen molar-refractivity contribution in [2.24, 2.45) is 0 Å². The van der Waals surface area contributed by atoms with E-state index in [4.69, 9.17) is 9.47 Å². The van der Waals surface area contributed by atoms with Gasteiger partial charge in [0.05, 0.1) is 31.2 Å². The number of ether oxygens (including phenoxy) is 2. The number of hydrogen-bond acceptors (Lipinski definition) is 4. The predicted octanol–water partition coefficient (Wildman–Crippen LogP) is 1.35. The quantitative estimate of drug-likeness (QED) is 0.677. The molecule has 1 aromatic heterocycles. The zero-order chi connectivity index (χ0) is 11.6. The highest BCUT2D eigenvalue weighted by atomic mass is 16.5. The van der Waals surface area contributed by atoms with Gasteiger partial charge in [0.25, 0.3) is 0 Å². The molecule has 1 rings (SSSR count). The normalized spacial score (nSPS) is 10.6. The summed E-state index contributed by atoms with van der Waals surface area (Å²) in [5.41, 5.74) is 2.01. The van der Waals surface area contributed by atoms with Crippen molar-refractivity contribution in [2.45, 2.75) is 20.1 Å². The molecule has 0 fully saturated rings. The molecule has 0 amide bonds. The van der Waals surface area contributed by atoms with Gasteiger partial charge >= 0.3 is 0 Å². The first-order valence-corrected chi connectivity index (χ1v) is 5.59. The molecule has 0 atom stereocenters. The fourth-order valence-electron chi connectivity index (χ4n) is 1.28. The van der Waals surface area contributed by atoms with Crippen LogP contribution in [0.4, 0.5) is 0 Å². The second kappa shape index (κ2) is 8.21. The Bertz CT molecular complexity index is 292. The number of rotatable bonds is 8. The van der Waals surface area contributed by atoms with Crippen LogP contribution in [0, 0.1) is 0 Å². The Morgan fingerprint density at radius 3 is 2.81 bits per heavy atom. The van der Waals surface area contributed by atoms with E-state index in [9.17, 15) is 0 Å². The molecule has 0 aliphatic carbocycles. The molecule has 1 N–H and O–H groups in total. The third-order valence-corrected chi connectivity index (χ3v) is 2.10. The molecular weight excluding hydrogens is 204 g/mol. The van der Waals surface area contributed by atoms with Crippen molar-refractivity contribution in [3.8, 4) is 0 Å². The smallest absolute Gasteiger partial charge is 0.0889 e. The number of methoxy groups -OCH3 is 1. The molecule has 16 heavy (non-hydrogen) atoms. The number of pyridine rings is 1.